The van der Waals surface area contributed by atoms with Gasteiger partial charge in [0.15, 0.2) is 0 Å². The van der Waals surface area contributed by atoms with Gasteiger partial charge in [-0.15, -0.1) is 0 Å². The van der Waals surface area contributed by atoms with Crippen molar-refractivity contribution in [3.05, 3.63) is 72.1 Å². The van der Waals surface area contributed by atoms with Crippen LogP contribution in [0.5, 0.6) is 0 Å². The molecule has 2 N–H and O–H groups in total. The fraction of sp³-hybridized carbons (Fsp3) is 0.190. The smallest absolute Gasteiger partial charge is 0.264 e. The third kappa shape index (κ3) is 4.81. The van der Waals surface area contributed by atoms with Crippen LogP contribution in [0.15, 0.2) is 65.8 Å². The lowest BCUT2D eigenvalue weighted by Gasteiger charge is -2.21. The second-order valence-electron chi connectivity index (χ2n) is 7.61. The summed E-state index contributed by atoms with van der Waals surface area (Å²) in [4.78, 5) is 20.4. The van der Waals surface area contributed by atoms with Gasteiger partial charge in [-0.05, 0) is 67.4 Å². The van der Waals surface area contributed by atoms with E-state index < -0.39 is 26.0 Å². The lowest BCUT2D eigenvalue weighted by molar-refractivity contribution is 0.102. The third-order valence-corrected chi connectivity index (χ3v) is 7.68. The molecule has 12 heteroatoms. The normalized spacial score (nSPS) is 15.7. The molecule has 1 unspecified atom stereocenters. The van der Waals surface area contributed by atoms with Gasteiger partial charge in [0.2, 0.25) is 16.0 Å². The van der Waals surface area contributed by atoms with Gasteiger partial charge in [-0.2, -0.15) is 0 Å². The van der Waals surface area contributed by atoms with Crippen molar-refractivity contribution in [1.29, 1.82) is 0 Å². The van der Waals surface area contributed by atoms with E-state index in [9.17, 15) is 21.6 Å². The van der Waals surface area contributed by atoms with Crippen LogP contribution in [-0.4, -0.2) is 45.0 Å². The molecule has 3 aromatic rings. The quantitative estimate of drug-likeness (QED) is 0.544. The van der Waals surface area contributed by atoms with Crippen LogP contribution in [0.1, 0.15) is 22.8 Å². The summed E-state index contributed by atoms with van der Waals surface area (Å²) >= 11 is 0. The summed E-state index contributed by atoms with van der Waals surface area (Å²) in [6, 6.07) is 11.9. The molecule has 0 saturated carbocycles. The van der Waals surface area contributed by atoms with Gasteiger partial charge in [-0.1, -0.05) is 0 Å². The predicted octanol–water partition coefficient (Wildman–Crippen LogP) is 2.24. The number of nitrogens with zero attached hydrogens (tertiary/aromatic N) is 3. The van der Waals surface area contributed by atoms with Gasteiger partial charge in [-0.3, -0.25) is 9.10 Å². The number of hydrogen-bond donors (Lipinski definition) is 2. The SMILES string of the molecule is CC1Cc2cc(C(=O)Nc3ccc(S(=O)(=O)Nc4ncccn4)cc3)ccc2N1S(C)(=O)=O. The van der Waals surface area contributed by atoms with Crippen LogP contribution in [0.2, 0.25) is 0 Å². The Morgan fingerprint density at radius 1 is 1.03 bits per heavy atom. The molecule has 0 spiro atoms. The van der Waals surface area contributed by atoms with Crippen molar-refractivity contribution >= 4 is 43.3 Å². The molecule has 4 rings (SSSR count). The Kier molecular flexibility index (Phi) is 5.80. The van der Waals surface area contributed by atoms with Gasteiger partial charge in [0.05, 0.1) is 16.8 Å². The van der Waals surface area contributed by atoms with E-state index in [2.05, 4.69) is 20.0 Å². The average molecular weight is 488 g/mol. The second kappa shape index (κ2) is 8.45. The van der Waals surface area contributed by atoms with Crippen LogP contribution in [0.25, 0.3) is 0 Å². The third-order valence-electron chi connectivity index (χ3n) is 5.07. The number of fused-ring (bicyclic) bond motifs is 1. The predicted molar refractivity (Wildman–Crippen MR) is 124 cm³/mol. The van der Waals surface area contributed by atoms with Crippen molar-refractivity contribution in [2.45, 2.75) is 24.3 Å². The first kappa shape index (κ1) is 22.7. The van der Waals surface area contributed by atoms with E-state index in [1.807, 2.05) is 6.92 Å². The fourth-order valence-electron chi connectivity index (χ4n) is 3.70. The molecule has 10 nitrogen and oxygen atoms in total. The largest absolute Gasteiger partial charge is 0.322 e. The number of hydrogen-bond acceptors (Lipinski definition) is 7. The highest BCUT2D eigenvalue weighted by molar-refractivity contribution is 7.92. The first-order valence-electron chi connectivity index (χ1n) is 9.88. The number of anilines is 3. The summed E-state index contributed by atoms with van der Waals surface area (Å²) in [5.74, 6) is -0.440. The van der Waals surface area contributed by atoms with Crippen molar-refractivity contribution in [3.8, 4) is 0 Å². The minimum absolute atomic E-state index is 0.0136. The van der Waals surface area contributed by atoms with Gasteiger partial charge in [0.1, 0.15) is 0 Å². The number of carbonyl (C=O) groups is 1. The lowest BCUT2D eigenvalue weighted by Crippen LogP contribution is -2.34. The van der Waals surface area contributed by atoms with E-state index in [-0.39, 0.29) is 16.9 Å². The van der Waals surface area contributed by atoms with Gasteiger partial charge in [-0.25, -0.2) is 31.5 Å². The first-order valence-corrected chi connectivity index (χ1v) is 13.2. The minimum Gasteiger partial charge on any atom is -0.322 e. The van der Waals surface area contributed by atoms with E-state index in [1.165, 1.54) is 41.0 Å². The van der Waals surface area contributed by atoms with E-state index in [4.69, 9.17) is 0 Å². The van der Waals surface area contributed by atoms with Crippen LogP contribution < -0.4 is 14.3 Å². The zero-order valence-electron chi connectivity index (χ0n) is 17.8. The highest BCUT2D eigenvalue weighted by atomic mass is 32.2. The minimum atomic E-state index is -3.88. The summed E-state index contributed by atoms with van der Waals surface area (Å²) < 4.78 is 52.7. The van der Waals surface area contributed by atoms with Crippen LogP contribution in [0, 0.1) is 0 Å². The highest BCUT2D eigenvalue weighted by Crippen LogP contribution is 2.34. The topological polar surface area (TPSA) is 138 Å². The fourth-order valence-corrected chi connectivity index (χ4v) is 5.92. The summed E-state index contributed by atoms with van der Waals surface area (Å²) in [5, 5.41) is 2.72. The Morgan fingerprint density at radius 2 is 1.70 bits per heavy atom. The standard InChI is InChI=1S/C21H21N5O5S2/c1-14-12-16-13-15(4-9-19(16)26(14)32(2,28)29)20(27)24-17-5-7-18(8-6-17)33(30,31)25-21-22-10-3-11-23-21/h3-11,13-14H,12H2,1-2H3,(H,24,27)(H,22,23,25). The Hall–Kier alpha value is -3.51. The molecule has 1 atom stereocenters. The van der Waals surface area contributed by atoms with Crippen molar-refractivity contribution in [2.24, 2.45) is 0 Å². The van der Waals surface area contributed by atoms with E-state index >= 15 is 0 Å². The van der Waals surface area contributed by atoms with Gasteiger partial charge in [0, 0.05) is 29.7 Å². The molecule has 0 radical (unpaired) electrons. The Balaban J connectivity index is 1.48. The first-order chi connectivity index (χ1) is 15.5. The summed E-state index contributed by atoms with van der Waals surface area (Å²) in [5.41, 5.74) is 2.12. The van der Waals surface area contributed by atoms with Crippen LogP contribution in [-0.2, 0) is 26.5 Å². The Bertz CT molecular complexity index is 1410. The molecule has 1 amide bonds. The Morgan fingerprint density at radius 3 is 2.33 bits per heavy atom. The number of carbonyl (C=O) groups excluding carboxylic acids is 1. The van der Waals surface area contributed by atoms with Crippen LogP contribution in [0.4, 0.5) is 17.3 Å². The maximum Gasteiger partial charge on any atom is 0.264 e. The Labute approximate surface area is 191 Å². The number of sulfonamides is 2. The van der Waals surface area contributed by atoms with Gasteiger partial charge < -0.3 is 5.32 Å². The van der Waals surface area contributed by atoms with E-state index in [0.717, 1.165) is 11.8 Å². The van der Waals surface area contributed by atoms with Crippen LogP contribution in [0.3, 0.4) is 0 Å². The molecular weight excluding hydrogens is 466 g/mol. The molecule has 33 heavy (non-hydrogen) atoms. The number of amides is 1. The molecule has 1 aliphatic heterocycles. The zero-order valence-corrected chi connectivity index (χ0v) is 19.4. The maximum absolute atomic E-state index is 12.7. The lowest BCUT2D eigenvalue weighted by atomic mass is 10.1. The number of aromatic nitrogens is 2. The molecule has 172 valence electrons. The van der Waals surface area contributed by atoms with Gasteiger partial charge in [0.25, 0.3) is 15.9 Å². The zero-order chi connectivity index (χ0) is 23.8. The number of rotatable bonds is 6. The molecule has 2 aromatic carbocycles. The molecule has 1 aliphatic rings. The van der Waals surface area contributed by atoms with E-state index in [1.54, 1.807) is 24.3 Å². The molecule has 1 aromatic heterocycles. The maximum atomic E-state index is 12.7. The molecule has 0 bridgehead atoms. The second-order valence-corrected chi connectivity index (χ2v) is 11.2. The molecule has 2 heterocycles. The average Bonchev–Trinajstić information content (AvgIpc) is 3.09. The monoisotopic (exact) mass is 487 g/mol. The summed E-state index contributed by atoms with van der Waals surface area (Å²) in [6.45, 7) is 1.81. The highest BCUT2D eigenvalue weighted by Gasteiger charge is 2.32. The molecule has 0 fully saturated rings. The van der Waals surface area contributed by atoms with Crippen molar-refractivity contribution < 1.29 is 21.6 Å². The van der Waals surface area contributed by atoms with Crippen LogP contribution >= 0.6 is 0 Å². The summed E-state index contributed by atoms with van der Waals surface area (Å²) in [6.07, 6.45) is 4.50. The van der Waals surface area contributed by atoms with Crippen molar-refractivity contribution in [2.75, 3.05) is 20.6 Å². The number of nitrogens with one attached hydrogen (secondary N) is 2. The molecule has 0 saturated heterocycles. The number of benzene rings is 2. The van der Waals surface area contributed by atoms with Crippen molar-refractivity contribution in [1.82, 2.24) is 9.97 Å². The van der Waals surface area contributed by atoms with E-state index in [0.29, 0.717) is 23.4 Å². The molecular formula is C21H21N5O5S2. The molecule has 0 aliphatic carbocycles. The van der Waals surface area contributed by atoms with Crippen molar-refractivity contribution in [3.63, 3.8) is 0 Å². The summed E-state index contributed by atoms with van der Waals surface area (Å²) in [7, 11) is -7.29. The van der Waals surface area contributed by atoms with Gasteiger partial charge >= 0.3 is 0 Å².